The Balaban J connectivity index is 2.10. The first-order valence-electron chi connectivity index (χ1n) is 6.43. The molecule has 22 heavy (non-hydrogen) atoms. The van der Waals surface area contributed by atoms with Gasteiger partial charge in [-0.2, -0.15) is 9.37 Å². The SMILES string of the molecule is O=c1[nH]c2nc(F)c(F)cc2cc1C1OC(CO)C(O)C1O. The predicted molar refractivity (Wildman–Crippen MR) is 69.0 cm³/mol. The van der Waals surface area contributed by atoms with Crippen LogP contribution in [0.15, 0.2) is 16.9 Å². The number of hydrogen-bond acceptors (Lipinski definition) is 6. The van der Waals surface area contributed by atoms with Gasteiger partial charge in [0, 0.05) is 10.9 Å². The fraction of sp³-hybridized carbons (Fsp3) is 0.385. The molecule has 9 heteroatoms. The highest BCUT2D eigenvalue weighted by atomic mass is 19.2. The molecule has 1 saturated heterocycles. The van der Waals surface area contributed by atoms with Crippen molar-refractivity contribution in [3.63, 3.8) is 0 Å². The number of halogens is 2. The minimum atomic E-state index is -1.44. The highest BCUT2D eigenvalue weighted by Gasteiger charge is 2.44. The van der Waals surface area contributed by atoms with Crippen LogP contribution in [-0.4, -0.2) is 50.2 Å². The van der Waals surface area contributed by atoms with Gasteiger partial charge >= 0.3 is 0 Å². The number of aliphatic hydroxyl groups is 3. The van der Waals surface area contributed by atoms with E-state index in [2.05, 4.69) is 9.97 Å². The van der Waals surface area contributed by atoms with Crippen molar-refractivity contribution in [3.05, 3.63) is 39.8 Å². The number of aliphatic hydroxyl groups excluding tert-OH is 3. The first-order chi connectivity index (χ1) is 10.4. The second-order valence-electron chi connectivity index (χ2n) is 5.01. The molecule has 1 aliphatic heterocycles. The van der Waals surface area contributed by atoms with Crippen LogP contribution in [0, 0.1) is 11.8 Å². The largest absolute Gasteiger partial charge is 0.394 e. The number of ether oxygens (including phenoxy) is 1. The molecule has 2 aromatic rings. The van der Waals surface area contributed by atoms with E-state index in [1.807, 2.05) is 0 Å². The van der Waals surface area contributed by atoms with Crippen LogP contribution in [0.1, 0.15) is 11.7 Å². The maximum Gasteiger partial charge on any atom is 0.255 e. The van der Waals surface area contributed by atoms with E-state index in [1.54, 1.807) is 0 Å². The Morgan fingerprint density at radius 3 is 2.64 bits per heavy atom. The minimum Gasteiger partial charge on any atom is -0.394 e. The number of H-pyrrole nitrogens is 1. The van der Waals surface area contributed by atoms with Crippen molar-refractivity contribution in [2.45, 2.75) is 24.4 Å². The fourth-order valence-electron chi connectivity index (χ4n) is 2.47. The van der Waals surface area contributed by atoms with E-state index in [4.69, 9.17) is 9.84 Å². The number of nitrogens with one attached hydrogen (secondary N) is 1. The van der Waals surface area contributed by atoms with E-state index in [0.29, 0.717) is 0 Å². The van der Waals surface area contributed by atoms with Crippen LogP contribution >= 0.6 is 0 Å². The number of aromatic nitrogens is 2. The van der Waals surface area contributed by atoms with Crippen molar-refractivity contribution in [1.82, 2.24) is 9.97 Å². The molecular weight excluding hydrogens is 302 g/mol. The molecule has 0 bridgehead atoms. The number of aromatic amines is 1. The summed E-state index contributed by atoms with van der Waals surface area (Å²) in [5.41, 5.74) is -0.956. The van der Waals surface area contributed by atoms with E-state index in [9.17, 15) is 23.8 Å². The van der Waals surface area contributed by atoms with Crippen molar-refractivity contribution >= 4 is 11.0 Å². The Kier molecular flexibility index (Phi) is 3.65. The smallest absolute Gasteiger partial charge is 0.255 e. The molecule has 0 radical (unpaired) electrons. The lowest BCUT2D eigenvalue weighted by Gasteiger charge is -2.14. The molecule has 3 heterocycles. The third kappa shape index (κ3) is 2.28. The number of fused-ring (bicyclic) bond motifs is 1. The Labute approximate surface area is 121 Å². The summed E-state index contributed by atoms with van der Waals surface area (Å²) in [5, 5.41) is 28.8. The van der Waals surface area contributed by atoms with Crippen LogP contribution in [0.2, 0.25) is 0 Å². The molecule has 0 aliphatic carbocycles. The molecule has 3 rings (SSSR count). The van der Waals surface area contributed by atoms with Crippen molar-refractivity contribution in [2.24, 2.45) is 0 Å². The molecule has 1 fully saturated rings. The van der Waals surface area contributed by atoms with Gasteiger partial charge in [-0.1, -0.05) is 0 Å². The van der Waals surface area contributed by atoms with Crippen LogP contribution in [0.5, 0.6) is 0 Å². The van der Waals surface area contributed by atoms with Crippen LogP contribution in [-0.2, 0) is 4.74 Å². The van der Waals surface area contributed by atoms with Gasteiger partial charge in [0.15, 0.2) is 5.82 Å². The van der Waals surface area contributed by atoms with E-state index in [1.165, 1.54) is 6.07 Å². The minimum absolute atomic E-state index is 0.0807. The normalized spacial score (nSPS) is 28.4. The monoisotopic (exact) mass is 314 g/mol. The zero-order valence-electron chi connectivity index (χ0n) is 11.0. The maximum absolute atomic E-state index is 13.2. The molecule has 4 atom stereocenters. The van der Waals surface area contributed by atoms with E-state index in [-0.39, 0.29) is 16.6 Å². The number of rotatable bonds is 2. The second-order valence-corrected chi connectivity index (χ2v) is 5.01. The molecule has 4 N–H and O–H groups in total. The third-order valence-electron chi connectivity index (χ3n) is 3.62. The zero-order valence-corrected chi connectivity index (χ0v) is 11.0. The van der Waals surface area contributed by atoms with Crippen molar-refractivity contribution in [2.75, 3.05) is 6.61 Å². The van der Waals surface area contributed by atoms with Gasteiger partial charge in [0.25, 0.3) is 11.5 Å². The summed E-state index contributed by atoms with van der Waals surface area (Å²) in [6.07, 6.45) is -5.05. The topological polar surface area (TPSA) is 116 Å². The Hall–Kier alpha value is -1.94. The first kappa shape index (κ1) is 15.0. The molecule has 118 valence electrons. The third-order valence-corrected chi connectivity index (χ3v) is 3.62. The molecule has 2 aromatic heterocycles. The van der Waals surface area contributed by atoms with Gasteiger partial charge in [-0.05, 0) is 12.1 Å². The Morgan fingerprint density at radius 2 is 2.00 bits per heavy atom. The lowest BCUT2D eigenvalue weighted by molar-refractivity contribution is -0.0231. The highest BCUT2D eigenvalue weighted by molar-refractivity contribution is 5.75. The van der Waals surface area contributed by atoms with Crippen LogP contribution < -0.4 is 5.56 Å². The van der Waals surface area contributed by atoms with Gasteiger partial charge in [0.2, 0.25) is 0 Å². The summed E-state index contributed by atoms with van der Waals surface area (Å²) in [7, 11) is 0. The quantitative estimate of drug-likeness (QED) is 0.548. The maximum atomic E-state index is 13.2. The highest BCUT2D eigenvalue weighted by Crippen LogP contribution is 2.32. The van der Waals surface area contributed by atoms with E-state index < -0.39 is 48.3 Å². The molecule has 1 aliphatic rings. The summed E-state index contributed by atoms with van der Waals surface area (Å²) in [6.45, 7) is -0.540. The van der Waals surface area contributed by atoms with Gasteiger partial charge < -0.3 is 25.0 Å². The molecule has 0 spiro atoms. The average Bonchev–Trinajstić information content (AvgIpc) is 2.76. The zero-order chi connectivity index (χ0) is 16.0. The molecule has 4 unspecified atom stereocenters. The van der Waals surface area contributed by atoms with Gasteiger partial charge in [-0.25, -0.2) is 4.39 Å². The van der Waals surface area contributed by atoms with Gasteiger partial charge in [0.05, 0.1) is 6.61 Å². The van der Waals surface area contributed by atoms with Crippen LogP contribution in [0.25, 0.3) is 11.0 Å². The number of hydrogen-bond donors (Lipinski definition) is 4. The van der Waals surface area contributed by atoms with Crippen LogP contribution in [0.4, 0.5) is 8.78 Å². The Bertz CT molecular complexity index is 781. The van der Waals surface area contributed by atoms with Gasteiger partial charge in [-0.3, -0.25) is 4.79 Å². The summed E-state index contributed by atoms with van der Waals surface area (Å²) in [4.78, 5) is 17.6. The first-order valence-corrected chi connectivity index (χ1v) is 6.43. The molecule has 0 amide bonds. The Morgan fingerprint density at radius 1 is 1.27 bits per heavy atom. The summed E-state index contributed by atoms with van der Waals surface area (Å²) < 4.78 is 31.5. The standard InChI is InChI=1S/C13H12F2N2O5/c14-6-2-4-1-5(13(21)17-12(4)16-11(6)15)10-9(20)8(19)7(3-18)22-10/h1-2,7-10,18-20H,3H2,(H,16,17,21). The van der Waals surface area contributed by atoms with E-state index in [0.717, 1.165) is 6.07 Å². The second kappa shape index (κ2) is 5.36. The van der Waals surface area contributed by atoms with E-state index >= 15 is 0 Å². The number of nitrogens with zero attached hydrogens (tertiary/aromatic N) is 1. The summed E-state index contributed by atoms with van der Waals surface area (Å²) in [6, 6.07) is 2.04. The van der Waals surface area contributed by atoms with Gasteiger partial charge in [0.1, 0.15) is 30.1 Å². The predicted octanol–water partition coefficient (Wildman–Crippen LogP) is -0.645. The fourth-order valence-corrected chi connectivity index (χ4v) is 2.47. The van der Waals surface area contributed by atoms with Gasteiger partial charge in [-0.15, -0.1) is 0 Å². The lowest BCUT2D eigenvalue weighted by Crippen LogP contribution is -2.33. The van der Waals surface area contributed by atoms with Crippen molar-refractivity contribution in [3.8, 4) is 0 Å². The molecule has 0 aromatic carbocycles. The average molecular weight is 314 g/mol. The van der Waals surface area contributed by atoms with Crippen molar-refractivity contribution in [1.29, 1.82) is 0 Å². The molecular formula is C13H12F2N2O5. The summed E-state index contributed by atoms with van der Waals surface area (Å²) >= 11 is 0. The molecule has 7 nitrogen and oxygen atoms in total. The number of pyridine rings is 2. The van der Waals surface area contributed by atoms with Crippen molar-refractivity contribution < 1.29 is 28.8 Å². The lowest BCUT2D eigenvalue weighted by atomic mass is 10.0. The van der Waals surface area contributed by atoms with Crippen LogP contribution in [0.3, 0.4) is 0 Å². The molecule has 0 saturated carbocycles. The summed E-state index contributed by atoms with van der Waals surface area (Å²) in [5.74, 6) is -2.53.